The van der Waals surface area contributed by atoms with E-state index < -0.39 is 0 Å². The molecule has 3 N–H and O–H groups in total. The van der Waals surface area contributed by atoms with Crippen LogP contribution in [0.3, 0.4) is 0 Å². The lowest BCUT2D eigenvalue weighted by molar-refractivity contribution is 0.308. The molecule has 90 valence electrons. The fourth-order valence-corrected chi connectivity index (χ4v) is 2.67. The number of aromatic nitrogens is 3. The Morgan fingerprint density at radius 1 is 1.47 bits per heavy atom. The zero-order valence-corrected chi connectivity index (χ0v) is 10.7. The highest BCUT2D eigenvalue weighted by Gasteiger charge is 2.08. The van der Waals surface area contributed by atoms with E-state index in [4.69, 9.17) is 10.6 Å². The molecule has 0 spiro atoms. The van der Waals surface area contributed by atoms with E-state index in [2.05, 4.69) is 20.4 Å². The first-order valence-corrected chi connectivity index (χ1v) is 6.58. The van der Waals surface area contributed by atoms with Crippen LogP contribution in [0, 0.1) is 0 Å². The van der Waals surface area contributed by atoms with Gasteiger partial charge in [0.2, 0.25) is 11.1 Å². The minimum atomic E-state index is 0.273. The molecule has 6 nitrogen and oxygen atoms in total. The number of rotatable bonds is 5. The van der Waals surface area contributed by atoms with Crippen LogP contribution in [-0.4, -0.2) is 21.6 Å². The third-order valence-corrected chi connectivity index (χ3v) is 3.59. The van der Waals surface area contributed by atoms with Gasteiger partial charge >= 0.3 is 6.01 Å². The second-order valence-electron chi connectivity index (χ2n) is 2.84. The van der Waals surface area contributed by atoms with Crippen LogP contribution in [0.5, 0.6) is 6.01 Å². The van der Waals surface area contributed by atoms with Gasteiger partial charge in [-0.3, -0.25) is 5.43 Å². The molecule has 0 aliphatic heterocycles. The molecule has 0 atom stereocenters. The molecule has 8 heteroatoms. The first-order chi connectivity index (χ1) is 8.31. The third kappa shape index (κ3) is 3.29. The van der Waals surface area contributed by atoms with E-state index in [0.717, 1.165) is 4.21 Å². The maximum Gasteiger partial charge on any atom is 0.322 e. The highest BCUT2D eigenvalue weighted by atomic mass is 32.2. The van der Waals surface area contributed by atoms with Crippen molar-refractivity contribution < 1.29 is 4.74 Å². The fraction of sp³-hybridized carbons (Fsp3) is 0.222. The van der Waals surface area contributed by atoms with Gasteiger partial charge in [0.15, 0.2) is 0 Å². The first kappa shape index (κ1) is 12.1. The summed E-state index contributed by atoms with van der Waals surface area (Å²) in [4.78, 5) is 12.3. The van der Waals surface area contributed by atoms with Crippen LogP contribution in [0.2, 0.25) is 0 Å². The van der Waals surface area contributed by atoms with Crippen LogP contribution >= 0.6 is 23.1 Å². The van der Waals surface area contributed by atoms with Crippen molar-refractivity contribution in [2.45, 2.75) is 16.3 Å². The lowest BCUT2D eigenvalue weighted by Crippen LogP contribution is -2.12. The lowest BCUT2D eigenvalue weighted by Gasteiger charge is -2.05. The van der Waals surface area contributed by atoms with Gasteiger partial charge in [-0.15, -0.1) is 11.3 Å². The normalized spacial score (nSPS) is 10.2. The van der Waals surface area contributed by atoms with Crippen LogP contribution in [-0.2, 0) is 0 Å². The molecule has 0 fully saturated rings. The van der Waals surface area contributed by atoms with Crippen molar-refractivity contribution >= 4 is 29.0 Å². The van der Waals surface area contributed by atoms with Gasteiger partial charge in [-0.25, -0.2) is 5.84 Å². The molecule has 0 radical (unpaired) electrons. The van der Waals surface area contributed by atoms with Crippen molar-refractivity contribution in [3.63, 3.8) is 0 Å². The Hall–Kier alpha value is -1.38. The molecule has 0 amide bonds. The van der Waals surface area contributed by atoms with Gasteiger partial charge in [-0.05, 0) is 30.1 Å². The molecule has 2 heterocycles. The topological polar surface area (TPSA) is 86.0 Å². The molecule has 17 heavy (non-hydrogen) atoms. The summed E-state index contributed by atoms with van der Waals surface area (Å²) in [6, 6.07) is 4.24. The van der Waals surface area contributed by atoms with Crippen molar-refractivity contribution in [3.05, 3.63) is 17.5 Å². The molecular formula is C9H11N5OS2. The number of hydrazine groups is 1. The van der Waals surface area contributed by atoms with Gasteiger partial charge < -0.3 is 4.74 Å². The minimum absolute atomic E-state index is 0.273. The number of ether oxygens (including phenoxy) is 1. The Bertz CT molecular complexity index is 476. The smallest absolute Gasteiger partial charge is 0.322 e. The maximum atomic E-state index is 5.29. The predicted molar refractivity (Wildman–Crippen MR) is 67.2 cm³/mol. The summed E-state index contributed by atoms with van der Waals surface area (Å²) in [5.74, 6) is 5.59. The third-order valence-electron chi connectivity index (χ3n) is 1.68. The van der Waals surface area contributed by atoms with Crippen LogP contribution in [0.1, 0.15) is 6.92 Å². The number of anilines is 1. The largest absolute Gasteiger partial charge is 0.464 e. The van der Waals surface area contributed by atoms with Gasteiger partial charge in [-0.2, -0.15) is 15.0 Å². The molecule has 2 aromatic heterocycles. The molecule has 0 aliphatic rings. The van der Waals surface area contributed by atoms with Gasteiger partial charge in [0.25, 0.3) is 0 Å². The summed E-state index contributed by atoms with van der Waals surface area (Å²) >= 11 is 3.07. The van der Waals surface area contributed by atoms with E-state index in [0.29, 0.717) is 17.7 Å². The number of nitrogen functional groups attached to an aromatic ring is 1. The van der Waals surface area contributed by atoms with Crippen molar-refractivity contribution in [1.29, 1.82) is 0 Å². The monoisotopic (exact) mass is 269 g/mol. The second kappa shape index (κ2) is 5.80. The number of nitrogens with one attached hydrogen (secondary N) is 1. The average molecular weight is 269 g/mol. The summed E-state index contributed by atoms with van der Waals surface area (Å²) < 4.78 is 6.34. The molecule has 0 bridgehead atoms. The predicted octanol–water partition coefficient (Wildman–Crippen LogP) is 1.77. The van der Waals surface area contributed by atoms with Gasteiger partial charge in [0.1, 0.15) is 0 Å². The standard InChI is InChI=1S/C9H11N5OS2/c1-2-15-8-11-7(14-10)12-9(13-8)17-6-4-3-5-16-6/h3-5H,2,10H2,1H3,(H,11,12,13,14). The van der Waals surface area contributed by atoms with E-state index in [9.17, 15) is 0 Å². The van der Waals surface area contributed by atoms with Gasteiger partial charge in [0.05, 0.1) is 10.8 Å². The zero-order chi connectivity index (χ0) is 12.1. The maximum absolute atomic E-state index is 5.29. The minimum Gasteiger partial charge on any atom is -0.464 e. The van der Waals surface area contributed by atoms with Crippen LogP contribution in [0.15, 0.2) is 26.9 Å². The van der Waals surface area contributed by atoms with Crippen molar-refractivity contribution in [2.24, 2.45) is 5.84 Å². The summed E-state index contributed by atoms with van der Waals surface area (Å²) in [6.07, 6.45) is 0. The number of nitrogens with zero attached hydrogens (tertiary/aromatic N) is 3. The number of hydrogen-bond donors (Lipinski definition) is 2. The van der Waals surface area contributed by atoms with E-state index in [1.54, 1.807) is 11.3 Å². The van der Waals surface area contributed by atoms with E-state index >= 15 is 0 Å². The number of nitrogens with two attached hydrogens (primary N) is 1. The fourth-order valence-electron chi connectivity index (χ4n) is 1.05. The Labute approximate surface area is 107 Å². The Kier molecular flexibility index (Phi) is 4.13. The second-order valence-corrected chi connectivity index (χ2v) is 5.05. The molecule has 2 rings (SSSR count). The Balaban J connectivity index is 2.23. The lowest BCUT2D eigenvalue weighted by atomic mass is 10.7. The molecule has 0 unspecified atom stereocenters. The van der Waals surface area contributed by atoms with E-state index in [-0.39, 0.29) is 6.01 Å². The number of hydrogen-bond acceptors (Lipinski definition) is 8. The molecule has 0 saturated heterocycles. The first-order valence-electron chi connectivity index (χ1n) is 4.88. The van der Waals surface area contributed by atoms with Crippen molar-refractivity contribution in [1.82, 2.24) is 15.0 Å². The van der Waals surface area contributed by atoms with Crippen molar-refractivity contribution in [3.8, 4) is 6.01 Å². The average Bonchev–Trinajstić information content (AvgIpc) is 2.82. The summed E-state index contributed by atoms with van der Waals surface area (Å²) in [7, 11) is 0. The molecular weight excluding hydrogens is 258 g/mol. The highest BCUT2D eigenvalue weighted by Crippen LogP contribution is 2.29. The summed E-state index contributed by atoms with van der Waals surface area (Å²) in [5.41, 5.74) is 2.39. The summed E-state index contributed by atoms with van der Waals surface area (Å²) in [6.45, 7) is 2.36. The van der Waals surface area contributed by atoms with Gasteiger partial charge in [0, 0.05) is 0 Å². The van der Waals surface area contributed by atoms with Gasteiger partial charge in [-0.1, -0.05) is 6.07 Å². The Morgan fingerprint density at radius 2 is 2.35 bits per heavy atom. The Morgan fingerprint density at radius 3 is 3.00 bits per heavy atom. The molecule has 2 aromatic rings. The number of thiophene rings is 1. The van der Waals surface area contributed by atoms with Crippen LogP contribution < -0.4 is 16.0 Å². The van der Waals surface area contributed by atoms with Crippen molar-refractivity contribution in [2.75, 3.05) is 12.0 Å². The van der Waals surface area contributed by atoms with Crippen LogP contribution in [0.25, 0.3) is 0 Å². The molecule has 0 saturated carbocycles. The van der Waals surface area contributed by atoms with E-state index in [1.807, 2.05) is 24.4 Å². The zero-order valence-electron chi connectivity index (χ0n) is 9.08. The van der Waals surface area contributed by atoms with E-state index in [1.165, 1.54) is 11.8 Å². The molecule has 0 aliphatic carbocycles. The highest BCUT2D eigenvalue weighted by molar-refractivity contribution is 8.01. The summed E-state index contributed by atoms with van der Waals surface area (Å²) in [5, 5.41) is 2.55. The SMILES string of the molecule is CCOc1nc(NN)nc(Sc2cccs2)n1. The van der Waals surface area contributed by atoms with Crippen LogP contribution in [0.4, 0.5) is 5.95 Å². The quantitative estimate of drug-likeness (QED) is 0.632. The molecule has 0 aromatic carbocycles.